The summed E-state index contributed by atoms with van der Waals surface area (Å²) < 4.78 is 6.20. The maximum absolute atomic E-state index is 12.3. The third kappa shape index (κ3) is 5.70. The highest BCUT2D eigenvalue weighted by atomic mass is 79.9. The smallest absolute Gasteiger partial charge is 0.265 e. The van der Waals surface area contributed by atoms with Crippen LogP contribution in [0, 0.1) is 0 Å². The van der Waals surface area contributed by atoms with Crippen molar-refractivity contribution in [3.8, 4) is 17.1 Å². The molecule has 4 nitrogen and oxygen atoms in total. The van der Waals surface area contributed by atoms with Crippen molar-refractivity contribution in [3.63, 3.8) is 0 Å². The average molecular weight is 407 g/mol. The van der Waals surface area contributed by atoms with E-state index in [1.165, 1.54) is 32.1 Å². The van der Waals surface area contributed by atoms with Crippen molar-refractivity contribution in [2.45, 2.75) is 58.8 Å². The van der Waals surface area contributed by atoms with Crippen molar-refractivity contribution in [2.24, 2.45) is 0 Å². The molecule has 0 saturated carbocycles. The van der Waals surface area contributed by atoms with Crippen LogP contribution in [0.2, 0.25) is 0 Å². The van der Waals surface area contributed by atoms with Gasteiger partial charge < -0.3 is 9.72 Å². The number of hydrogen-bond donors (Lipinski definition) is 1. The molecule has 5 heteroatoms. The van der Waals surface area contributed by atoms with E-state index in [1.54, 1.807) is 0 Å². The summed E-state index contributed by atoms with van der Waals surface area (Å²) in [4.78, 5) is 19.8. The van der Waals surface area contributed by atoms with Gasteiger partial charge in [-0.25, -0.2) is 4.98 Å². The normalized spacial score (nSPS) is 10.8. The molecule has 0 aliphatic heterocycles. The van der Waals surface area contributed by atoms with Crippen LogP contribution in [0.1, 0.15) is 58.1 Å². The van der Waals surface area contributed by atoms with Crippen LogP contribution < -0.4 is 10.3 Å². The number of ether oxygens (including phenoxy) is 1. The molecule has 0 atom stereocenters. The van der Waals surface area contributed by atoms with Crippen LogP contribution >= 0.6 is 15.9 Å². The minimum atomic E-state index is -0.141. The lowest BCUT2D eigenvalue weighted by Gasteiger charge is -2.11. The van der Waals surface area contributed by atoms with E-state index in [0.29, 0.717) is 16.9 Å². The molecule has 0 aliphatic rings. The van der Waals surface area contributed by atoms with Crippen molar-refractivity contribution in [3.05, 3.63) is 44.8 Å². The summed E-state index contributed by atoms with van der Waals surface area (Å²) in [7, 11) is 0. The molecular formula is C20H27BrN2O2. The quantitative estimate of drug-likeness (QED) is 0.529. The number of unbranched alkanes of at least 4 members (excludes halogenated alkanes) is 5. The van der Waals surface area contributed by atoms with Gasteiger partial charge in [0.05, 0.1) is 17.9 Å². The lowest BCUT2D eigenvalue weighted by Crippen LogP contribution is -2.14. The van der Waals surface area contributed by atoms with Crippen LogP contribution in [-0.2, 0) is 6.42 Å². The number of hydrogen-bond acceptors (Lipinski definition) is 3. The minimum absolute atomic E-state index is 0.141. The van der Waals surface area contributed by atoms with Gasteiger partial charge in [-0.05, 0) is 47.8 Å². The van der Waals surface area contributed by atoms with E-state index in [9.17, 15) is 4.79 Å². The number of rotatable bonds is 10. The zero-order valence-electron chi connectivity index (χ0n) is 15.1. The number of aromatic amines is 1. The number of nitrogens with zero attached hydrogens (tertiary/aromatic N) is 1. The van der Waals surface area contributed by atoms with Crippen LogP contribution in [0.15, 0.2) is 33.5 Å². The second kappa shape index (κ2) is 10.4. The standard InChI is InChI=1S/C20H27BrN2O2/c1-3-5-6-7-8-9-13-16-18(21)20(24)23-19(22-16)15-12-10-11-14-17(15)25-4-2/h10-12,14H,3-9,13H2,1-2H3,(H,22,23,24). The van der Waals surface area contributed by atoms with Crippen LogP contribution in [0.3, 0.4) is 0 Å². The predicted molar refractivity (Wildman–Crippen MR) is 106 cm³/mol. The molecule has 1 N–H and O–H groups in total. The van der Waals surface area contributed by atoms with Gasteiger partial charge in [0.15, 0.2) is 0 Å². The molecule has 25 heavy (non-hydrogen) atoms. The number of H-pyrrole nitrogens is 1. The molecule has 136 valence electrons. The first-order chi connectivity index (χ1) is 12.2. The van der Waals surface area contributed by atoms with E-state index >= 15 is 0 Å². The molecule has 1 heterocycles. The van der Waals surface area contributed by atoms with Crippen LogP contribution in [-0.4, -0.2) is 16.6 Å². The number of aromatic nitrogens is 2. The highest BCUT2D eigenvalue weighted by Crippen LogP contribution is 2.27. The van der Waals surface area contributed by atoms with Crippen molar-refractivity contribution >= 4 is 15.9 Å². The lowest BCUT2D eigenvalue weighted by molar-refractivity contribution is 0.341. The molecule has 0 fully saturated rings. The highest BCUT2D eigenvalue weighted by molar-refractivity contribution is 9.10. The van der Waals surface area contributed by atoms with E-state index in [0.717, 1.165) is 29.8 Å². The van der Waals surface area contributed by atoms with E-state index in [1.807, 2.05) is 31.2 Å². The Bertz CT molecular complexity index is 728. The van der Waals surface area contributed by atoms with Gasteiger partial charge in [-0.1, -0.05) is 51.2 Å². The van der Waals surface area contributed by atoms with Crippen LogP contribution in [0.4, 0.5) is 0 Å². The largest absolute Gasteiger partial charge is 0.493 e. The molecule has 0 aliphatic carbocycles. The summed E-state index contributed by atoms with van der Waals surface area (Å²) in [5, 5.41) is 0. The molecule has 0 radical (unpaired) electrons. The summed E-state index contributed by atoms with van der Waals surface area (Å²) in [5.41, 5.74) is 1.50. The molecule has 1 aromatic carbocycles. The predicted octanol–water partition coefficient (Wildman–Crippen LogP) is 5.50. The monoisotopic (exact) mass is 406 g/mol. The van der Waals surface area contributed by atoms with Gasteiger partial charge in [-0.15, -0.1) is 0 Å². The first-order valence-corrected chi connectivity index (χ1v) is 9.97. The number of aryl methyl sites for hydroxylation is 1. The molecule has 0 saturated heterocycles. The van der Waals surface area contributed by atoms with Gasteiger partial charge in [0.1, 0.15) is 16.0 Å². The number of halogens is 1. The number of nitrogens with one attached hydrogen (secondary N) is 1. The summed E-state index contributed by atoms with van der Waals surface area (Å²) in [6.45, 7) is 4.74. The maximum Gasteiger partial charge on any atom is 0.265 e. The van der Waals surface area contributed by atoms with Crippen LogP contribution in [0.25, 0.3) is 11.4 Å². The Morgan fingerprint density at radius 2 is 1.80 bits per heavy atom. The second-order valence-electron chi connectivity index (χ2n) is 6.12. The van der Waals surface area contributed by atoms with Gasteiger partial charge in [-0.2, -0.15) is 0 Å². The minimum Gasteiger partial charge on any atom is -0.493 e. The first-order valence-electron chi connectivity index (χ1n) is 9.18. The Kier molecular flexibility index (Phi) is 8.19. The van der Waals surface area contributed by atoms with Gasteiger partial charge in [-0.3, -0.25) is 4.79 Å². The van der Waals surface area contributed by atoms with E-state index in [2.05, 4.69) is 27.8 Å². The third-order valence-electron chi connectivity index (χ3n) is 4.14. The fourth-order valence-corrected chi connectivity index (χ4v) is 3.20. The average Bonchev–Trinajstić information content (AvgIpc) is 2.62. The molecule has 0 bridgehead atoms. The fourth-order valence-electron chi connectivity index (χ4n) is 2.82. The number of para-hydroxylation sites is 1. The van der Waals surface area contributed by atoms with Crippen LogP contribution in [0.5, 0.6) is 5.75 Å². The van der Waals surface area contributed by atoms with Crippen molar-refractivity contribution < 1.29 is 4.74 Å². The molecule has 0 spiro atoms. The van der Waals surface area contributed by atoms with Gasteiger partial charge in [0.25, 0.3) is 5.56 Å². The van der Waals surface area contributed by atoms with Crippen molar-refractivity contribution in [1.29, 1.82) is 0 Å². The van der Waals surface area contributed by atoms with E-state index in [-0.39, 0.29) is 5.56 Å². The first kappa shape index (κ1) is 19.7. The molecule has 1 aromatic heterocycles. The molecule has 2 rings (SSSR count). The van der Waals surface area contributed by atoms with Gasteiger partial charge in [0.2, 0.25) is 0 Å². The zero-order chi connectivity index (χ0) is 18.1. The lowest BCUT2D eigenvalue weighted by atomic mass is 10.1. The Labute approximate surface area is 158 Å². The molecule has 0 amide bonds. The molecular weight excluding hydrogens is 380 g/mol. The SMILES string of the molecule is CCCCCCCCc1nc(-c2ccccc2OCC)[nH]c(=O)c1Br. The Hall–Kier alpha value is -1.62. The second-order valence-corrected chi connectivity index (χ2v) is 6.92. The topological polar surface area (TPSA) is 55.0 Å². The molecule has 0 unspecified atom stereocenters. The van der Waals surface area contributed by atoms with Gasteiger partial charge >= 0.3 is 0 Å². The summed E-state index contributed by atoms with van der Waals surface area (Å²) in [6.07, 6.45) is 8.11. The fraction of sp³-hybridized carbons (Fsp3) is 0.500. The summed E-state index contributed by atoms with van der Waals surface area (Å²) in [6, 6.07) is 7.66. The van der Waals surface area contributed by atoms with Crippen molar-refractivity contribution in [2.75, 3.05) is 6.61 Å². The Balaban J connectivity index is 2.16. The Morgan fingerprint density at radius 1 is 1.08 bits per heavy atom. The number of benzene rings is 1. The van der Waals surface area contributed by atoms with Gasteiger partial charge in [0, 0.05) is 0 Å². The van der Waals surface area contributed by atoms with E-state index < -0.39 is 0 Å². The summed E-state index contributed by atoms with van der Waals surface area (Å²) >= 11 is 3.39. The molecule has 2 aromatic rings. The third-order valence-corrected chi connectivity index (χ3v) is 4.96. The summed E-state index contributed by atoms with van der Waals surface area (Å²) in [5.74, 6) is 1.30. The van der Waals surface area contributed by atoms with Crippen molar-refractivity contribution in [1.82, 2.24) is 9.97 Å². The zero-order valence-corrected chi connectivity index (χ0v) is 16.7. The van der Waals surface area contributed by atoms with E-state index in [4.69, 9.17) is 9.72 Å². The maximum atomic E-state index is 12.3. The highest BCUT2D eigenvalue weighted by Gasteiger charge is 2.13. The Morgan fingerprint density at radius 3 is 2.56 bits per heavy atom.